The van der Waals surface area contributed by atoms with E-state index in [0.29, 0.717) is 11.8 Å². The molecule has 3 unspecified atom stereocenters. The van der Waals surface area contributed by atoms with E-state index in [0.717, 1.165) is 19.3 Å². The topological polar surface area (TPSA) is 72.5 Å². The Labute approximate surface area is 97.2 Å². The molecule has 0 aliphatic heterocycles. The van der Waals surface area contributed by atoms with Gasteiger partial charge in [-0.05, 0) is 38.0 Å². The van der Waals surface area contributed by atoms with Crippen LogP contribution in [0.1, 0.15) is 40.0 Å². The van der Waals surface area contributed by atoms with E-state index in [2.05, 4.69) is 13.8 Å². The summed E-state index contributed by atoms with van der Waals surface area (Å²) in [5.41, 5.74) is 5.51. The molecule has 4 nitrogen and oxygen atoms in total. The van der Waals surface area contributed by atoms with Gasteiger partial charge in [0.05, 0.1) is 6.10 Å². The van der Waals surface area contributed by atoms with Gasteiger partial charge in [-0.15, -0.1) is 0 Å². The van der Waals surface area contributed by atoms with Crippen LogP contribution in [0.2, 0.25) is 0 Å². The molecule has 1 saturated carbocycles. The largest absolute Gasteiger partial charge is 0.461 e. The average Bonchev–Trinajstić information content (AvgIpc) is 2.22. The smallest absolute Gasteiger partial charge is 0.325 e. The zero-order valence-corrected chi connectivity index (χ0v) is 10.3. The quantitative estimate of drug-likeness (QED) is 0.710. The van der Waals surface area contributed by atoms with Gasteiger partial charge in [-0.1, -0.05) is 13.8 Å². The molecule has 1 aliphatic carbocycles. The van der Waals surface area contributed by atoms with Crippen molar-refractivity contribution < 1.29 is 14.6 Å². The zero-order valence-electron chi connectivity index (χ0n) is 10.3. The van der Waals surface area contributed by atoms with Crippen molar-refractivity contribution in [2.24, 2.45) is 17.6 Å². The normalized spacial score (nSPS) is 34.2. The Morgan fingerprint density at radius 3 is 2.50 bits per heavy atom. The molecule has 1 rings (SSSR count). The van der Waals surface area contributed by atoms with Crippen molar-refractivity contribution in [1.29, 1.82) is 0 Å². The highest BCUT2D eigenvalue weighted by molar-refractivity contribution is 5.76. The molecule has 0 bridgehead atoms. The van der Waals surface area contributed by atoms with E-state index in [1.807, 2.05) is 0 Å². The van der Waals surface area contributed by atoms with Crippen LogP contribution in [0.3, 0.4) is 0 Å². The Morgan fingerprint density at radius 2 is 2.00 bits per heavy atom. The third kappa shape index (κ3) is 3.46. The SMILES string of the molecule is CC1CCC(OC(=O)[C@@H](N)[C@@H](C)O)CC1C. The van der Waals surface area contributed by atoms with Crippen molar-refractivity contribution in [1.82, 2.24) is 0 Å². The van der Waals surface area contributed by atoms with Crippen LogP contribution in [0.15, 0.2) is 0 Å². The summed E-state index contributed by atoms with van der Waals surface area (Å²) in [6.45, 7) is 5.90. The van der Waals surface area contributed by atoms with Gasteiger partial charge in [-0.25, -0.2) is 0 Å². The molecule has 0 spiro atoms. The number of rotatable bonds is 3. The second-order valence-electron chi connectivity index (χ2n) is 5.09. The first-order chi connectivity index (χ1) is 7.41. The van der Waals surface area contributed by atoms with Gasteiger partial charge >= 0.3 is 5.97 Å². The van der Waals surface area contributed by atoms with Gasteiger partial charge in [0.25, 0.3) is 0 Å². The molecule has 16 heavy (non-hydrogen) atoms. The van der Waals surface area contributed by atoms with Crippen LogP contribution in [-0.4, -0.2) is 29.3 Å². The Kier molecular flexibility index (Phi) is 4.74. The highest BCUT2D eigenvalue weighted by Crippen LogP contribution is 2.31. The minimum Gasteiger partial charge on any atom is -0.461 e. The van der Waals surface area contributed by atoms with Crippen LogP contribution in [0.4, 0.5) is 0 Å². The highest BCUT2D eigenvalue weighted by Gasteiger charge is 2.29. The van der Waals surface area contributed by atoms with E-state index >= 15 is 0 Å². The van der Waals surface area contributed by atoms with E-state index in [1.165, 1.54) is 6.92 Å². The summed E-state index contributed by atoms with van der Waals surface area (Å²) in [5.74, 6) is 0.788. The maximum absolute atomic E-state index is 11.5. The molecule has 0 aromatic heterocycles. The van der Waals surface area contributed by atoms with Crippen molar-refractivity contribution in [3.05, 3.63) is 0 Å². The number of nitrogens with two attached hydrogens (primary N) is 1. The molecule has 94 valence electrons. The maximum atomic E-state index is 11.5. The highest BCUT2D eigenvalue weighted by atomic mass is 16.5. The summed E-state index contributed by atoms with van der Waals surface area (Å²) in [7, 11) is 0. The molecule has 4 heteroatoms. The van der Waals surface area contributed by atoms with Crippen LogP contribution >= 0.6 is 0 Å². The molecule has 0 radical (unpaired) electrons. The molecule has 0 aromatic carbocycles. The second kappa shape index (κ2) is 5.64. The Morgan fingerprint density at radius 1 is 1.38 bits per heavy atom. The van der Waals surface area contributed by atoms with E-state index in [1.54, 1.807) is 0 Å². The van der Waals surface area contributed by atoms with Crippen LogP contribution in [0, 0.1) is 11.8 Å². The van der Waals surface area contributed by atoms with Gasteiger partial charge in [0, 0.05) is 0 Å². The lowest BCUT2D eigenvalue weighted by molar-refractivity contribution is -0.155. The number of aliphatic hydroxyl groups excluding tert-OH is 1. The van der Waals surface area contributed by atoms with Gasteiger partial charge in [-0.3, -0.25) is 4.79 Å². The van der Waals surface area contributed by atoms with Crippen LogP contribution in [-0.2, 0) is 9.53 Å². The van der Waals surface area contributed by atoms with Gasteiger partial charge < -0.3 is 15.6 Å². The first-order valence-electron chi connectivity index (χ1n) is 6.06. The molecule has 5 atom stereocenters. The molecular weight excluding hydrogens is 206 g/mol. The van der Waals surface area contributed by atoms with E-state index < -0.39 is 18.1 Å². The molecule has 1 aliphatic rings. The average molecular weight is 229 g/mol. The van der Waals surface area contributed by atoms with Crippen molar-refractivity contribution in [3.63, 3.8) is 0 Å². The lowest BCUT2D eigenvalue weighted by Crippen LogP contribution is -2.43. The van der Waals surface area contributed by atoms with E-state index in [-0.39, 0.29) is 6.10 Å². The third-order valence-electron chi connectivity index (χ3n) is 3.62. The summed E-state index contributed by atoms with van der Waals surface area (Å²) >= 11 is 0. The van der Waals surface area contributed by atoms with Crippen LogP contribution in [0.25, 0.3) is 0 Å². The number of hydrogen-bond acceptors (Lipinski definition) is 4. The molecule has 0 aromatic rings. The summed E-state index contributed by atoms with van der Waals surface area (Å²) < 4.78 is 5.31. The summed E-state index contributed by atoms with van der Waals surface area (Å²) in [6.07, 6.45) is 2.02. The number of carbonyl (C=O) groups excluding carboxylic acids is 1. The van der Waals surface area contributed by atoms with Crippen molar-refractivity contribution in [2.45, 2.75) is 58.3 Å². The fourth-order valence-electron chi connectivity index (χ4n) is 2.04. The van der Waals surface area contributed by atoms with Crippen LogP contribution < -0.4 is 5.73 Å². The summed E-state index contributed by atoms with van der Waals surface area (Å²) in [4.78, 5) is 11.5. The Hall–Kier alpha value is -0.610. The lowest BCUT2D eigenvalue weighted by atomic mass is 9.80. The molecule has 0 amide bonds. The molecular formula is C12H23NO3. The Bertz CT molecular complexity index is 242. The lowest BCUT2D eigenvalue weighted by Gasteiger charge is -2.32. The minimum atomic E-state index is -0.922. The molecule has 0 heterocycles. The molecule has 3 N–H and O–H groups in total. The van der Waals surface area contributed by atoms with Crippen molar-refractivity contribution >= 4 is 5.97 Å². The Balaban J connectivity index is 2.40. The summed E-state index contributed by atoms with van der Waals surface area (Å²) in [6, 6.07) is -0.922. The van der Waals surface area contributed by atoms with Crippen LogP contribution in [0.5, 0.6) is 0 Å². The maximum Gasteiger partial charge on any atom is 0.325 e. The fourth-order valence-corrected chi connectivity index (χ4v) is 2.04. The van der Waals surface area contributed by atoms with Gasteiger partial charge in [0.1, 0.15) is 12.1 Å². The predicted octanol–water partition coefficient (Wildman–Crippen LogP) is 1.06. The standard InChI is InChI=1S/C12H23NO3/c1-7-4-5-10(6-8(7)2)16-12(15)11(13)9(3)14/h7-11,14H,4-6,13H2,1-3H3/t7?,8?,9-,10?,11+/m1/s1. The number of carbonyl (C=O) groups is 1. The van der Waals surface area contributed by atoms with Crippen molar-refractivity contribution in [3.8, 4) is 0 Å². The second-order valence-corrected chi connectivity index (χ2v) is 5.09. The molecule has 1 fully saturated rings. The van der Waals surface area contributed by atoms with Crippen molar-refractivity contribution in [2.75, 3.05) is 0 Å². The third-order valence-corrected chi connectivity index (χ3v) is 3.62. The monoisotopic (exact) mass is 229 g/mol. The zero-order chi connectivity index (χ0) is 12.3. The first kappa shape index (κ1) is 13.5. The van der Waals surface area contributed by atoms with E-state index in [4.69, 9.17) is 10.5 Å². The van der Waals surface area contributed by atoms with Gasteiger partial charge in [0.2, 0.25) is 0 Å². The minimum absolute atomic E-state index is 0.0245. The number of ether oxygens (including phenoxy) is 1. The summed E-state index contributed by atoms with van der Waals surface area (Å²) in [5, 5.41) is 9.19. The van der Waals surface area contributed by atoms with Gasteiger partial charge in [0.15, 0.2) is 0 Å². The first-order valence-corrected chi connectivity index (χ1v) is 6.06. The number of esters is 1. The fraction of sp³-hybridized carbons (Fsp3) is 0.917. The van der Waals surface area contributed by atoms with E-state index in [9.17, 15) is 9.90 Å². The number of hydrogen-bond donors (Lipinski definition) is 2. The number of aliphatic hydroxyl groups is 1. The molecule has 0 saturated heterocycles. The predicted molar refractivity (Wildman–Crippen MR) is 61.7 cm³/mol. The van der Waals surface area contributed by atoms with Gasteiger partial charge in [-0.2, -0.15) is 0 Å².